The van der Waals surface area contributed by atoms with E-state index in [0.717, 1.165) is 28.3 Å². The molecule has 8 heteroatoms. The highest BCUT2D eigenvalue weighted by atomic mass is 15.2. The van der Waals surface area contributed by atoms with E-state index in [-0.39, 0.29) is 13.7 Å². The first-order chi connectivity index (χ1) is 53.6. The van der Waals surface area contributed by atoms with Crippen molar-refractivity contribution >= 4 is 200 Å². The van der Waals surface area contributed by atoms with Gasteiger partial charge in [0.2, 0.25) is 0 Å². The summed E-state index contributed by atoms with van der Waals surface area (Å²) in [7, 11) is 0. The minimum atomic E-state index is -0.180. The molecule has 18 aromatic carbocycles. The number of benzene rings is 18. The summed E-state index contributed by atoms with van der Waals surface area (Å²) in [6.07, 6.45) is 0. The zero-order chi connectivity index (χ0) is 69.9. The zero-order valence-corrected chi connectivity index (χ0v) is 58.3. The zero-order valence-electron chi connectivity index (χ0n) is 58.3. The SMILES string of the molecule is c1ccc(-n2c3ccccc3c3c4c5c(cc32)-c2cc(-c3ccc6ccc(N7c8ccc9ccccc9c8B8c9c(cc%10c%11ccccc%11n(-c%11ccccc%11)c%10c97)-c7cccc9c%10ccccc%10n8c79)cc6c3)cc3c6ccccc6n(c23)B5c2ccc3ccccc3c2N4c2cccc3ccccc23)cc1. The van der Waals surface area contributed by atoms with Crippen molar-refractivity contribution in [3.8, 4) is 44.8 Å². The summed E-state index contributed by atoms with van der Waals surface area (Å²) in [6.45, 7) is -0.342. The predicted molar refractivity (Wildman–Crippen MR) is 458 cm³/mol. The molecule has 6 nitrogen and oxygen atoms in total. The lowest BCUT2D eigenvalue weighted by Crippen LogP contribution is -2.57. The monoisotopic (exact) mass is 1360 g/mol. The van der Waals surface area contributed by atoms with E-state index < -0.39 is 0 Å². The average Bonchev–Trinajstić information content (AvgIpc) is 1.41. The van der Waals surface area contributed by atoms with Crippen LogP contribution in [0.5, 0.6) is 0 Å². The van der Waals surface area contributed by atoms with Gasteiger partial charge in [0.1, 0.15) is 0 Å². The third kappa shape index (κ3) is 7.29. The second kappa shape index (κ2) is 20.9. The van der Waals surface area contributed by atoms with E-state index >= 15 is 0 Å². The number of aromatic nitrogens is 4. The fourth-order valence-electron chi connectivity index (χ4n) is 20.7. The lowest BCUT2D eigenvalue weighted by molar-refractivity contribution is 1.17. The Hall–Kier alpha value is -14.1. The summed E-state index contributed by atoms with van der Waals surface area (Å²) in [6, 6.07) is 134. The molecule has 0 atom stereocenters. The van der Waals surface area contributed by atoms with Gasteiger partial charge < -0.3 is 27.9 Å². The predicted octanol–water partition coefficient (Wildman–Crippen LogP) is 23.2. The Labute approximate surface area is 620 Å². The molecule has 0 amide bonds. The number of nitrogens with zero attached hydrogens (tertiary/aromatic N) is 6. The van der Waals surface area contributed by atoms with Crippen LogP contribution < -0.4 is 31.7 Å². The molecule has 108 heavy (non-hydrogen) atoms. The van der Waals surface area contributed by atoms with Crippen molar-refractivity contribution < 1.29 is 0 Å². The Morgan fingerprint density at radius 1 is 0.213 bits per heavy atom. The summed E-state index contributed by atoms with van der Waals surface area (Å²) >= 11 is 0. The van der Waals surface area contributed by atoms with Crippen molar-refractivity contribution in [2.75, 3.05) is 9.80 Å². The molecule has 4 aliphatic heterocycles. The number of rotatable bonds is 5. The first-order valence-corrected chi connectivity index (χ1v) is 37.7. The Kier molecular flexibility index (Phi) is 11.1. The Morgan fingerprint density at radius 3 is 1.52 bits per heavy atom. The Bertz CT molecular complexity index is 7850. The molecular formula is C100H58B2N6. The van der Waals surface area contributed by atoms with Gasteiger partial charge in [-0.3, -0.25) is 0 Å². The van der Waals surface area contributed by atoms with Gasteiger partial charge in [0.15, 0.2) is 0 Å². The number of anilines is 6. The number of para-hydroxylation sites is 7. The molecule has 0 radical (unpaired) electrons. The highest BCUT2D eigenvalue weighted by Crippen LogP contribution is 2.56. The van der Waals surface area contributed by atoms with E-state index in [9.17, 15) is 0 Å². The van der Waals surface area contributed by atoms with Crippen LogP contribution in [0, 0.1) is 0 Å². The lowest BCUT2D eigenvalue weighted by atomic mass is 9.44. The van der Waals surface area contributed by atoms with Crippen LogP contribution in [0.3, 0.4) is 0 Å². The van der Waals surface area contributed by atoms with E-state index in [1.54, 1.807) is 0 Å². The van der Waals surface area contributed by atoms with Gasteiger partial charge in [-0.2, -0.15) is 0 Å². The van der Waals surface area contributed by atoms with E-state index in [4.69, 9.17) is 0 Å². The van der Waals surface area contributed by atoms with Gasteiger partial charge in [0.25, 0.3) is 0 Å². The van der Waals surface area contributed by atoms with Crippen LogP contribution in [-0.2, 0) is 0 Å². The van der Waals surface area contributed by atoms with Crippen molar-refractivity contribution in [2.24, 2.45) is 0 Å². The van der Waals surface area contributed by atoms with Crippen LogP contribution in [-0.4, -0.2) is 31.8 Å². The molecule has 494 valence electrons. The third-order valence-electron chi connectivity index (χ3n) is 24.9. The first kappa shape index (κ1) is 57.3. The van der Waals surface area contributed by atoms with Crippen molar-refractivity contribution in [2.45, 2.75) is 0 Å². The van der Waals surface area contributed by atoms with Crippen LogP contribution in [0.4, 0.5) is 34.1 Å². The fraction of sp³-hybridized carbons (Fsp3) is 0. The Balaban J connectivity index is 0.757. The lowest BCUT2D eigenvalue weighted by Gasteiger charge is -2.42. The summed E-state index contributed by atoms with van der Waals surface area (Å²) in [5.41, 5.74) is 31.6. The first-order valence-electron chi connectivity index (χ1n) is 37.7. The maximum Gasteiger partial charge on any atom is 0.333 e. The maximum absolute atomic E-state index is 2.74. The fourth-order valence-corrected chi connectivity index (χ4v) is 20.7. The molecule has 0 saturated carbocycles. The quantitative estimate of drug-likeness (QED) is 0.161. The molecule has 4 aromatic heterocycles. The molecule has 8 heterocycles. The van der Waals surface area contributed by atoms with Crippen LogP contribution in [0.1, 0.15) is 0 Å². The van der Waals surface area contributed by atoms with Gasteiger partial charge in [-0.05, 0) is 180 Å². The van der Waals surface area contributed by atoms with Crippen LogP contribution >= 0.6 is 0 Å². The number of fused-ring (bicyclic) bond motifs is 28. The van der Waals surface area contributed by atoms with Gasteiger partial charge in [-0.15, -0.1) is 0 Å². The van der Waals surface area contributed by atoms with Crippen molar-refractivity contribution in [3.05, 3.63) is 352 Å². The largest absolute Gasteiger partial charge is 0.375 e. The van der Waals surface area contributed by atoms with E-state index in [2.05, 4.69) is 380 Å². The number of hydrogen-bond acceptors (Lipinski definition) is 2. The van der Waals surface area contributed by atoms with Gasteiger partial charge in [0, 0.05) is 110 Å². The summed E-state index contributed by atoms with van der Waals surface area (Å²) in [5, 5.41) is 19.6. The molecule has 0 unspecified atom stereocenters. The van der Waals surface area contributed by atoms with Crippen molar-refractivity contribution in [1.82, 2.24) is 18.1 Å². The normalized spacial score (nSPS) is 13.3. The topological polar surface area (TPSA) is 26.2 Å². The minimum Gasteiger partial charge on any atom is -0.375 e. The molecule has 0 aliphatic carbocycles. The minimum absolute atomic E-state index is 0.163. The summed E-state index contributed by atoms with van der Waals surface area (Å²) < 4.78 is 10.5. The van der Waals surface area contributed by atoms with Crippen LogP contribution in [0.2, 0.25) is 0 Å². The Morgan fingerprint density at radius 2 is 0.750 bits per heavy atom. The molecule has 0 bridgehead atoms. The highest BCUT2D eigenvalue weighted by Gasteiger charge is 2.48. The van der Waals surface area contributed by atoms with E-state index in [0.29, 0.717) is 0 Å². The smallest absolute Gasteiger partial charge is 0.333 e. The molecule has 0 fully saturated rings. The number of hydrogen-bond donors (Lipinski definition) is 0. The summed E-state index contributed by atoms with van der Waals surface area (Å²) in [5.74, 6) is 0. The molecule has 0 N–H and O–H groups in total. The molecular weight excluding hydrogens is 1310 g/mol. The average molecular weight is 1370 g/mol. The van der Waals surface area contributed by atoms with E-state index in [1.165, 1.54) is 203 Å². The highest BCUT2D eigenvalue weighted by molar-refractivity contribution is 6.92. The second-order valence-electron chi connectivity index (χ2n) is 30.1. The van der Waals surface area contributed by atoms with Crippen molar-refractivity contribution in [3.63, 3.8) is 0 Å². The summed E-state index contributed by atoms with van der Waals surface area (Å²) in [4.78, 5) is 5.36. The third-order valence-corrected chi connectivity index (χ3v) is 24.9. The van der Waals surface area contributed by atoms with Gasteiger partial charge in [-0.1, -0.05) is 249 Å². The van der Waals surface area contributed by atoms with Gasteiger partial charge in [0.05, 0.1) is 44.8 Å². The van der Waals surface area contributed by atoms with Crippen LogP contribution in [0.15, 0.2) is 352 Å². The molecule has 0 spiro atoms. The molecule has 0 saturated heterocycles. The maximum atomic E-state index is 2.74. The van der Waals surface area contributed by atoms with E-state index in [1.807, 2.05) is 0 Å². The second-order valence-corrected chi connectivity index (χ2v) is 30.1. The molecule has 4 aliphatic rings. The van der Waals surface area contributed by atoms with Gasteiger partial charge in [-0.25, -0.2) is 0 Å². The molecule has 22 aromatic rings. The molecule has 26 rings (SSSR count). The van der Waals surface area contributed by atoms with Gasteiger partial charge >= 0.3 is 13.7 Å². The van der Waals surface area contributed by atoms with Crippen LogP contribution in [0.25, 0.3) is 175 Å². The van der Waals surface area contributed by atoms with Crippen molar-refractivity contribution in [1.29, 1.82) is 0 Å². The standard InChI is InChI=1S/C100H58B2N6/c1-3-27-66(28-4-1)103-86-41-18-16-37-77(86)91-90(103)58-79-81-56-65(55-80-74-36-15-20-43-88(74)107(96(80)81)101-83-51-48-62-25-9-12-33-71(62)97(83)106(99(91)93(79)101)84-44-21-26-60-23-7-10-31-69(60)84)63-46-45-59-47-50-68(54-64(59)53-63)105-89-52-49-61-24-8-11-32-70(61)92(89)102-94-78(76-39-22-38-75-72-34-14-19-42-87(72)108(102)95(75)76)57-82-73-35-13-17-40-85(73)104(98(82)100(94)105)67-29-5-2-6-30-67/h1-58H.